The van der Waals surface area contributed by atoms with Crippen molar-refractivity contribution >= 4 is 34.0 Å². The van der Waals surface area contributed by atoms with E-state index in [1.807, 2.05) is 41.9 Å². The first-order valence-corrected chi connectivity index (χ1v) is 10.9. The van der Waals surface area contributed by atoms with Crippen LogP contribution in [-0.2, 0) is 19.5 Å². The molecule has 0 fully saturated rings. The molecule has 0 spiro atoms. The molecule has 6 rings (SSSR count). The first kappa shape index (κ1) is 19.7. The average molecular weight is 441 g/mol. The fraction of sp³-hybridized carbons (Fsp3) is 0.250. The van der Waals surface area contributed by atoms with Gasteiger partial charge in [0.25, 0.3) is 6.01 Å². The van der Waals surface area contributed by atoms with Crippen LogP contribution < -0.4 is 16.0 Å². The molecule has 166 valence electrons. The zero-order chi connectivity index (χ0) is 22.5. The van der Waals surface area contributed by atoms with Gasteiger partial charge in [0.15, 0.2) is 11.2 Å². The van der Waals surface area contributed by atoms with Gasteiger partial charge in [-0.2, -0.15) is 10.1 Å². The van der Waals surface area contributed by atoms with Crippen molar-refractivity contribution in [2.45, 2.75) is 19.5 Å². The number of fused-ring (bicyclic) bond motifs is 3. The van der Waals surface area contributed by atoms with Crippen molar-refractivity contribution in [3.63, 3.8) is 0 Å². The highest BCUT2D eigenvalue weighted by atomic mass is 16.4. The normalized spacial score (nSPS) is 13.5. The number of hydrogen-bond donors (Lipinski definition) is 2. The van der Waals surface area contributed by atoms with Crippen LogP contribution in [0.1, 0.15) is 16.7 Å². The summed E-state index contributed by atoms with van der Waals surface area (Å²) in [7, 11) is 3.95. The van der Waals surface area contributed by atoms with E-state index in [1.54, 1.807) is 6.33 Å². The van der Waals surface area contributed by atoms with Gasteiger partial charge in [-0.15, -0.1) is 0 Å². The molecule has 9 heteroatoms. The minimum absolute atomic E-state index is 0.150. The third-order valence-corrected chi connectivity index (χ3v) is 6.10. The molecule has 0 saturated heterocycles. The Labute approximate surface area is 190 Å². The number of rotatable bonds is 4. The molecular formula is C24H24N8O. The molecule has 4 heterocycles. The molecule has 0 aliphatic carbocycles. The molecule has 0 unspecified atom stereocenters. The van der Waals surface area contributed by atoms with E-state index in [9.17, 15) is 0 Å². The lowest BCUT2D eigenvalue weighted by molar-refractivity contribution is 0.626. The van der Waals surface area contributed by atoms with Crippen LogP contribution in [0.3, 0.4) is 0 Å². The number of anilines is 2. The highest BCUT2D eigenvalue weighted by Gasteiger charge is 2.21. The number of nitrogens with one attached hydrogen (secondary N) is 1. The van der Waals surface area contributed by atoms with E-state index in [-0.39, 0.29) is 6.01 Å². The molecule has 5 aromatic rings. The van der Waals surface area contributed by atoms with E-state index in [4.69, 9.17) is 15.2 Å². The molecule has 0 radical (unpaired) electrons. The Morgan fingerprint density at radius 2 is 2.03 bits per heavy atom. The van der Waals surface area contributed by atoms with Gasteiger partial charge in [0.05, 0.1) is 11.9 Å². The molecule has 33 heavy (non-hydrogen) atoms. The van der Waals surface area contributed by atoms with E-state index in [2.05, 4.69) is 38.5 Å². The summed E-state index contributed by atoms with van der Waals surface area (Å²) in [5, 5.41) is 9.34. The number of benzene rings is 2. The average Bonchev–Trinajstić information content (AvgIpc) is 3.38. The number of nitrogens with zero attached hydrogens (tertiary/aromatic N) is 6. The standard InChI is InChI=1S/C24H24N8O/c1-31(2)22-20-21(16-5-6-19-18(10-16)29-24(25)33-19)30-32(23(20)28-13-27-22)12-14-3-4-17-11-26-8-7-15(17)9-14/h3-6,9-10,13,26H,7-8,11-12H2,1-2H3,(H2,25,29). The van der Waals surface area contributed by atoms with Gasteiger partial charge in [0.1, 0.15) is 23.4 Å². The Morgan fingerprint density at radius 3 is 2.91 bits per heavy atom. The highest BCUT2D eigenvalue weighted by Crippen LogP contribution is 2.34. The quantitative estimate of drug-likeness (QED) is 0.439. The van der Waals surface area contributed by atoms with Crippen LogP contribution in [0.2, 0.25) is 0 Å². The van der Waals surface area contributed by atoms with Crippen molar-refractivity contribution < 1.29 is 4.42 Å². The minimum atomic E-state index is 0.150. The lowest BCUT2D eigenvalue weighted by Crippen LogP contribution is -2.23. The van der Waals surface area contributed by atoms with Gasteiger partial charge in [-0.3, -0.25) is 0 Å². The Morgan fingerprint density at radius 1 is 1.12 bits per heavy atom. The third-order valence-electron chi connectivity index (χ3n) is 6.10. The molecule has 0 amide bonds. The largest absolute Gasteiger partial charge is 0.424 e. The van der Waals surface area contributed by atoms with Crippen molar-refractivity contribution in [1.29, 1.82) is 0 Å². The minimum Gasteiger partial charge on any atom is -0.424 e. The zero-order valence-corrected chi connectivity index (χ0v) is 18.5. The summed E-state index contributed by atoms with van der Waals surface area (Å²) in [5.41, 5.74) is 13.6. The fourth-order valence-corrected chi connectivity index (χ4v) is 4.54. The summed E-state index contributed by atoms with van der Waals surface area (Å²) in [6.07, 6.45) is 2.64. The van der Waals surface area contributed by atoms with E-state index in [1.165, 1.54) is 16.7 Å². The maximum atomic E-state index is 5.74. The van der Waals surface area contributed by atoms with Crippen LogP contribution in [0.15, 0.2) is 47.1 Å². The summed E-state index contributed by atoms with van der Waals surface area (Å²) < 4.78 is 7.40. The molecule has 3 N–H and O–H groups in total. The maximum Gasteiger partial charge on any atom is 0.292 e. The monoisotopic (exact) mass is 440 g/mol. The lowest BCUT2D eigenvalue weighted by Gasteiger charge is -2.18. The SMILES string of the molecule is CN(C)c1ncnc2c1c(-c1ccc3oc(N)nc3c1)nn2Cc1ccc2c(c1)CCNC2. The van der Waals surface area contributed by atoms with Crippen molar-refractivity contribution in [2.24, 2.45) is 0 Å². The van der Waals surface area contributed by atoms with Crippen LogP contribution in [0.4, 0.5) is 11.8 Å². The van der Waals surface area contributed by atoms with Crippen molar-refractivity contribution in [3.8, 4) is 11.3 Å². The number of hydrogen-bond acceptors (Lipinski definition) is 8. The first-order chi connectivity index (χ1) is 16.1. The Hall–Kier alpha value is -3.98. The van der Waals surface area contributed by atoms with Gasteiger partial charge in [-0.05, 0) is 47.9 Å². The second-order valence-electron chi connectivity index (χ2n) is 8.56. The predicted octanol–water partition coefficient (Wildman–Crippen LogP) is 2.98. The van der Waals surface area contributed by atoms with Crippen LogP contribution >= 0.6 is 0 Å². The Bertz CT molecular complexity index is 1500. The van der Waals surface area contributed by atoms with Crippen LogP contribution in [-0.4, -0.2) is 45.4 Å². The van der Waals surface area contributed by atoms with Gasteiger partial charge in [0, 0.05) is 26.2 Å². The van der Waals surface area contributed by atoms with Crippen molar-refractivity contribution in [3.05, 3.63) is 59.4 Å². The molecule has 2 aromatic carbocycles. The molecule has 9 nitrogen and oxygen atoms in total. The fourth-order valence-electron chi connectivity index (χ4n) is 4.54. The predicted molar refractivity (Wildman–Crippen MR) is 128 cm³/mol. The van der Waals surface area contributed by atoms with Crippen LogP contribution in [0, 0.1) is 0 Å². The first-order valence-electron chi connectivity index (χ1n) is 10.9. The molecule has 3 aromatic heterocycles. The summed E-state index contributed by atoms with van der Waals surface area (Å²) in [4.78, 5) is 15.4. The Balaban J connectivity index is 1.50. The maximum absolute atomic E-state index is 5.74. The van der Waals surface area contributed by atoms with Crippen molar-refractivity contribution in [1.82, 2.24) is 30.0 Å². The molecule has 0 bridgehead atoms. The summed E-state index contributed by atoms with van der Waals surface area (Å²) >= 11 is 0. The Kier molecular flexibility index (Phi) is 4.51. The van der Waals surface area contributed by atoms with Crippen LogP contribution in [0.5, 0.6) is 0 Å². The van der Waals surface area contributed by atoms with E-state index >= 15 is 0 Å². The van der Waals surface area contributed by atoms with Gasteiger partial charge in [0.2, 0.25) is 0 Å². The number of oxazole rings is 1. The topological polar surface area (TPSA) is 111 Å². The molecule has 1 aliphatic rings. The zero-order valence-electron chi connectivity index (χ0n) is 18.5. The molecular weight excluding hydrogens is 416 g/mol. The van der Waals surface area contributed by atoms with Gasteiger partial charge in [-0.1, -0.05) is 18.2 Å². The number of nitrogens with two attached hydrogens (primary N) is 1. The summed E-state index contributed by atoms with van der Waals surface area (Å²) in [6, 6.07) is 12.6. The number of nitrogen functional groups attached to an aromatic ring is 1. The summed E-state index contributed by atoms with van der Waals surface area (Å²) in [5.74, 6) is 0.817. The van der Waals surface area contributed by atoms with E-state index in [0.717, 1.165) is 47.6 Å². The van der Waals surface area contributed by atoms with Crippen LogP contribution in [0.25, 0.3) is 33.4 Å². The van der Waals surface area contributed by atoms with Gasteiger partial charge in [-0.25, -0.2) is 14.6 Å². The molecule has 0 atom stereocenters. The lowest BCUT2D eigenvalue weighted by atomic mass is 9.98. The van der Waals surface area contributed by atoms with Crippen molar-refractivity contribution in [2.75, 3.05) is 31.3 Å². The molecule has 1 aliphatic heterocycles. The van der Waals surface area contributed by atoms with E-state index in [0.29, 0.717) is 17.6 Å². The third kappa shape index (κ3) is 3.37. The van der Waals surface area contributed by atoms with Gasteiger partial charge < -0.3 is 20.4 Å². The smallest absolute Gasteiger partial charge is 0.292 e. The second-order valence-corrected chi connectivity index (χ2v) is 8.56. The van der Waals surface area contributed by atoms with E-state index < -0.39 is 0 Å². The van der Waals surface area contributed by atoms with Gasteiger partial charge >= 0.3 is 0 Å². The molecule has 0 saturated carbocycles. The highest BCUT2D eigenvalue weighted by molar-refractivity contribution is 6.00. The summed E-state index contributed by atoms with van der Waals surface area (Å²) in [6.45, 7) is 2.57. The second kappa shape index (κ2) is 7.56. The number of aromatic nitrogens is 5.